The van der Waals surface area contributed by atoms with Gasteiger partial charge in [0.15, 0.2) is 0 Å². The molecule has 0 aliphatic rings. The van der Waals surface area contributed by atoms with Gasteiger partial charge in [-0.05, 0) is 12.8 Å². The minimum atomic E-state index is -3.30. The van der Waals surface area contributed by atoms with Crippen molar-refractivity contribution < 1.29 is 30.3 Å². The van der Waals surface area contributed by atoms with Gasteiger partial charge in [0.2, 0.25) is 5.91 Å². The minimum absolute atomic E-state index is 0.0271. The summed E-state index contributed by atoms with van der Waals surface area (Å²) < 4.78 is 0. The summed E-state index contributed by atoms with van der Waals surface area (Å²) in [5.74, 6) is -7.27. The van der Waals surface area contributed by atoms with Crippen molar-refractivity contribution in [3.63, 3.8) is 0 Å². The van der Waals surface area contributed by atoms with Crippen molar-refractivity contribution in [3.05, 3.63) is 0 Å². The van der Waals surface area contributed by atoms with Crippen molar-refractivity contribution in [2.24, 2.45) is 0 Å². The second kappa shape index (κ2) is 7.01. The molecule has 0 aliphatic heterocycles. The van der Waals surface area contributed by atoms with E-state index in [0.29, 0.717) is 12.8 Å². The Morgan fingerprint density at radius 1 is 1.17 bits per heavy atom. The van der Waals surface area contributed by atoms with Crippen molar-refractivity contribution in [2.75, 3.05) is 0 Å². The predicted molar refractivity (Wildman–Crippen MR) is 62.9 cm³/mol. The Hall–Kier alpha value is -0.730. The molecule has 7 heteroatoms. The molecule has 0 aromatic heterocycles. The summed E-state index contributed by atoms with van der Waals surface area (Å²) in [6.45, 7) is 3.53. The lowest BCUT2D eigenvalue weighted by molar-refractivity contribution is -0.392. The van der Waals surface area contributed by atoms with Crippen LogP contribution in [0.4, 0.5) is 0 Å². The molecule has 1 unspecified atom stereocenters. The molecule has 7 nitrogen and oxygen atoms in total. The SMILES string of the molecule is CCCCC(=O)NC(O)(O)C(O)(O)C(O)CCC. The Kier molecular flexibility index (Phi) is 6.72. The highest BCUT2D eigenvalue weighted by Crippen LogP contribution is 2.22. The van der Waals surface area contributed by atoms with Crippen molar-refractivity contribution in [1.82, 2.24) is 5.32 Å². The van der Waals surface area contributed by atoms with E-state index >= 15 is 0 Å². The number of rotatable bonds is 8. The summed E-state index contributed by atoms with van der Waals surface area (Å²) in [6.07, 6.45) is -0.143. The molecule has 0 fully saturated rings. The zero-order valence-corrected chi connectivity index (χ0v) is 10.8. The molecule has 108 valence electrons. The molecule has 1 amide bonds. The minimum Gasteiger partial charge on any atom is -0.387 e. The molecule has 1 atom stereocenters. The van der Waals surface area contributed by atoms with Gasteiger partial charge in [-0.3, -0.25) is 4.79 Å². The van der Waals surface area contributed by atoms with Gasteiger partial charge < -0.3 is 30.8 Å². The monoisotopic (exact) mass is 265 g/mol. The fourth-order valence-electron chi connectivity index (χ4n) is 1.39. The molecule has 0 radical (unpaired) electrons. The van der Waals surface area contributed by atoms with Gasteiger partial charge in [0.25, 0.3) is 5.79 Å². The van der Waals surface area contributed by atoms with Gasteiger partial charge in [-0.25, -0.2) is 0 Å². The van der Waals surface area contributed by atoms with E-state index in [1.807, 2.05) is 6.92 Å². The normalized spacial score (nSPS) is 14.4. The number of carbonyl (C=O) groups is 1. The van der Waals surface area contributed by atoms with Crippen LogP contribution in [0.1, 0.15) is 46.0 Å². The summed E-state index contributed by atoms with van der Waals surface area (Å²) in [7, 11) is 0. The van der Waals surface area contributed by atoms with Gasteiger partial charge in [-0.2, -0.15) is 0 Å². The quantitative estimate of drug-likeness (QED) is 0.305. The maximum atomic E-state index is 11.3. The maximum absolute atomic E-state index is 11.3. The van der Waals surface area contributed by atoms with E-state index in [4.69, 9.17) is 0 Å². The van der Waals surface area contributed by atoms with Crippen LogP contribution in [0.25, 0.3) is 0 Å². The highest BCUT2D eigenvalue weighted by molar-refractivity contribution is 5.76. The van der Waals surface area contributed by atoms with E-state index in [2.05, 4.69) is 0 Å². The number of hydrogen-bond donors (Lipinski definition) is 6. The van der Waals surface area contributed by atoms with E-state index in [0.717, 1.165) is 6.42 Å². The molecule has 0 aromatic rings. The first-order valence-electron chi connectivity index (χ1n) is 6.07. The molecular formula is C11H23NO6. The van der Waals surface area contributed by atoms with Crippen molar-refractivity contribution in [2.45, 2.75) is 63.8 Å². The number of unbranched alkanes of at least 4 members (excludes halogenated alkanes) is 1. The summed E-state index contributed by atoms with van der Waals surface area (Å²) >= 11 is 0. The highest BCUT2D eigenvalue weighted by atomic mass is 16.6. The van der Waals surface area contributed by atoms with Gasteiger partial charge in [-0.1, -0.05) is 26.7 Å². The van der Waals surface area contributed by atoms with Crippen LogP contribution in [-0.2, 0) is 4.79 Å². The highest BCUT2D eigenvalue weighted by Gasteiger charge is 2.53. The molecule has 0 rings (SSSR count). The first-order valence-corrected chi connectivity index (χ1v) is 6.07. The Morgan fingerprint density at radius 3 is 2.17 bits per heavy atom. The second-order valence-electron chi connectivity index (χ2n) is 4.35. The number of hydrogen-bond acceptors (Lipinski definition) is 6. The number of nitrogens with one attached hydrogen (secondary N) is 1. The van der Waals surface area contributed by atoms with Gasteiger partial charge >= 0.3 is 5.91 Å². The fourth-order valence-corrected chi connectivity index (χ4v) is 1.39. The Morgan fingerprint density at radius 2 is 1.72 bits per heavy atom. The van der Waals surface area contributed by atoms with Crippen LogP contribution in [0.2, 0.25) is 0 Å². The van der Waals surface area contributed by atoms with Crippen LogP contribution >= 0.6 is 0 Å². The van der Waals surface area contributed by atoms with E-state index in [1.165, 1.54) is 0 Å². The summed E-state index contributed by atoms with van der Waals surface area (Å²) in [5.41, 5.74) is 0. The van der Waals surface area contributed by atoms with Gasteiger partial charge in [0.1, 0.15) is 6.10 Å². The fraction of sp³-hybridized carbons (Fsp3) is 0.909. The lowest BCUT2D eigenvalue weighted by Crippen LogP contribution is -2.69. The molecular weight excluding hydrogens is 242 g/mol. The standard InChI is InChI=1S/C11H23NO6/c1-3-5-7-9(14)12-11(17,18)10(15,16)8(13)6-4-2/h8,13,15-18H,3-7H2,1-2H3,(H,12,14). The lowest BCUT2D eigenvalue weighted by Gasteiger charge is -2.38. The van der Waals surface area contributed by atoms with Crippen LogP contribution in [0, 0.1) is 0 Å². The average molecular weight is 265 g/mol. The topological polar surface area (TPSA) is 130 Å². The Labute approximate surface area is 106 Å². The van der Waals surface area contributed by atoms with E-state index in [1.54, 1.807) is 12.2 Å². The molecule has 18 heavy (non-hydrogen) atoms. The third kappa shape index (κ3) is 4.51. The number of aliphatic hydroxyl groups excluding tert-OH is 1. The zero-order valence-electron chi connectivity index (χ0n) is 10.8. The van der Waals surface area contributed by atoms with E-state index in [-0.39, 0.29) is 12.8 Å². The first-order chi connectivity index (χ1) is 8.19. The lowest BCUT2D eigenvalue weighted by atomic mass is 10.0. The zero-order chi connectivity index (χ0) is 14.4. The molecule has 0 saturated carbocycles. The first kappa shape index (κ1) is 17.3. The number of amides is 1. The van der Waals surface area contributed by atoms with Crippen LogP contribution in [0.3, 0.4) is 0 Å². The third-order valence-electron chi connectivity index (χ3n) is 2.61. The summed E-state index contributed by atoms with van der Waals surface area (Å²) in [6, 6.07) is 0. The van der Waals surface area contributed by atoms with Crippen LogP contribution in [-0.4, -0.2) is 49.2 Å². The number of aliphatic hydroxyl groups is 5. The molecule has 0 bridgehead atoms. The smallest absolute Gasteiger partial charge is 0.306 e. The summed E-state index contributed by atoms with van der Waals surface area (Å²) in [5, 5.41) is 49.1. The van der Waals surface area contributed by atoms with Gasteiger partial charge in [0.05, 0.1) is 0 Å². The van der Waals surface area contributed by atoms with Gasteiger partial charge in [-0.15, -0.1) is 0 Å². The summed E-state index contributed by atoms with van der Waals surface area (Å²) in [4.78, 5) is 11.3. The average Bonchev–Trinajstić information content (AvgIpc) is 2.25. The Bertz CT molecular complexity index is 266. The van der Waals surface area contributed by atoms with E-state index < -0.39 is 23.7 Å². The molecule has 0 aliphatic carbocycles. The molecule has 0 saturated heterocycles. The van der Waals surface area contributed by atoms with Crippen LogP contribution in [0.5, 0.6) is 0 Å². The molecule has 0 heterocycles. The van der Waals surface area contributed by atoms with Gasteiger partial charge in [0, 0.05) is 6.42 Å². The maximum Gasteiger partial charge on any atom is 0.306 e. The molecule has 0 aromatic carbocycles. The van der Waals surface area contributed by atoms with Crippen LogP contribution in [0.15, 0.2) is 0 Å². The van der Waals surface area contributed by atoms with Crippen molar-refractivity contribution >= 4 is 5.91 Å². The third-order valence-corrected chi connectivity index (χ3v) is 2.61. The number of carbonyl (C=O) groups excluding carboxylic acids is 1. The predicted octanol–water partition coefficient (Wildman–Crippen LogP) is -1.23. The van der Waals surface area contributed by atoms with Crippen LogP contribution < -0.4 is 5.32 Å². The van der Waals surface area contributed by atoms with Crippen molar-refractivity contribution in [1.29, 1.82) is 0 Å². The van der Waals surface area contributed by atoms with E-state index in [9.17, 15) is 30.3 Å². The van der Waals surface area contributed by atoms with Crippen molar-refractivity contribution in [3.8, 4) is 0 Å². The Balaban J connectivity index is 4.63. The molecule has 0 spiro atoms. The molecule has 6 N–H and O–H groups in total. The second-order valence-corrected chi connectivity index (χ2v) is 4.35. The largest absolute Gasteiger partial charge is 0.387 e.